The van der Waals surface area contributed by atoms with Crippen LogP contribution < -0.4 is 0 Å². The summed E-state index contributed by atoms with van der Waals surface area (Å²) in [6.07, 6.45) is 0. The lowest BCUT2D eigenvalue weighted by molar-refractivity contribution is 0.0747. The zero-order chi connectivity index (χ0) is 13.8. The van der Waals surface area contributed by atoms with Crippen molar-refractivity contribution in [3.63, 3.8) is 0 Å². The number of thiophene rings is 1. The highest BCUT2D eigenvalue weighted by atomic mass is 79.9. The van der Waals surface area contributed by atoms with Gasteiger partial charge in [-0.3, -0.25) is 4.79 Å². The lowest BCUT2D eigenvalue weighted by Gasteiger charge is -2.14. The number of amides is 1. The molecule has 0 spiro atoms. The van der Waals surface area contributed by atoms with E-state index in [-0.39, 0.29) is 5.91 Å². The van der Waals surface area contributed by atoms with E-state index in [1.165, 1.54) is 0 Å². The molecular formula is C13H14BrNO3S. The summed E-state index contributed by atoms with van der Waals surface area (Å²) in [4.78, 5) is 14.9. The van der Waals surface area contributed by atoms with Crippen molar-refractivity contribution in [2.24, 2.45) is 0 Å². The Hall–Kier alpha value is -1.11. The van der Waals surface area contributed by atoms with Crippen LogP contribution in [0.4, 0.5) is 0 Å². The lowest BCUT2D eigenvalue weighted by Crippen LogP contribution is -2.25. The number of methoxy groups -OCH3 is 1. The average Bonchev–Trinajstić information content (AvgIpc) is 2.98. The van der Waals surface area contributed by atoms with Crippen molar-refractivity contribution in [3.8, 4) is 0 Å². The van der Waals surface area contributed by atoms with Crippen molar-refractivity contribution >= 4 is 33.2 Å². The third kappa shape index (κ3) is 3.68. The Bertz CT molecular complexity index is 564. The minimum Gasteiger partial charge on any atom is -0.453 e. The number of rotatable bonds is 5. The van der Waals surface area contributed by atoms with E-state index in [2.05, 4.69) is 15.9 Å². The first kappa shape index (κ1) is 14.3. The van der Waals surface area contributed by atoms with Crippen LogP contribution in [0.5, 0.6) is 0 Å². The number of ether oxygens (including phenoxy) is 1. The molecule has 0 aliphatic heterocycles. The summed E-state index contributed by atoms with van der Waals surface area (Å²) in [5.74, 6) is 0.857. The van der Waals surface area contributed by atoms with Gasteiger partial charge in [-0.1, -0.05) is 0 Å². The highest BCUT2D eigenvalue weighted by Gasteiger charge is 2.16. The van der Waals surface area contributed by atoms with Crippen molar-refractivity contribution in [2.75, 3.05) is 14.2 Å². The zero-order valence-corrected chi connectivity index (χ0v) is 13.1. The van der Waals surface area contributed by atoms with Gasteiger partial charge >= 0.3 is 0 Å². The normalized spacial score (nSPS) is 10.7. The van der Waals surface area contributed by atoms with E-state index in [1.54, 1.807) is 42.5 Å². The molecule has 0 unspecified atom stereocenters. The molecule has 2 rings (SSSR count). The molecule has 0 radical (unpaired) electrons. The smallest absolute Gasteiger partial charge is 0.289 e. The summed E-state index contributed by atoms with van der Waals surface area (Å²) in [6.45, 7) is 0.935. The van der Waals surface area contributed by atoms with Crippen molar-refractivity contribution in [1.82, 2.24) is 4.90 Å². The molecule has 2 aromatic rings. The van der Waals surface area contributed by atoms with Crippen LogP contribution >= 0.6 is 27.3 Å². The van der Waals surface area contributed by atoms with Gasteiger partial charge in [-0.15, -0.1) is 11.3 Å². The Morgan fingerprint density at radius 2 is 2.32 bits per heavy atom. The predicted molar refractivity (Wildman–Crippen MR) is 77.2 cm³/mol. The van der Waals surface area contributed by atoms with Gasteiger partial charge < -0.3 is 14.1 Å². The summed E-state index contributed by atoms with van der Waals surface area (Å²) in [7, 11) is 3.35. The van der Waals surface area contributed by atoms with Gasteiger partial charge in [-0.05, 0) is 34.1 Å². The largest absolute Gasteiger partial charge is 0.453 e. The maximum atomic E-state index is 12.2. The Morgan fingerprint density at radius 1 is 1.53 bits per heavy atom. The number of halogens is 1. The first-order valence-electron chi connectivity index (χ1n) is 5.66. The van der Waals surface area contributed by atoms with Crippen LogP contribution in [-0.4, -0.2) is 25.0 Å². The van der Waals surface area contributed by atoms with Crippen LogP contribution in [0.1, 0.15) is 21.2 Å². The fourth-order valence-corrected chi connectivity index (χ4v) is 3.15. The molecule has 0 N–H and O–H groups in total. The van der Waals surface area contributed by atoms with Gasteiger partial charge in [0.05, 0.1) is 6.54 Å². The SMILES string of the molecule is COCc1ccc(C(=O)N(C)Cc2cc(Br)cs2)o1. The van der Waals surface area contributed by atoms with Gasteiger partial charge in [0.15, 0.2) is 5.76 Å². The molecule has 0 aromatic carbocycles. The molecule has 2 heterocycles. The Morgan fingerprint density at radius 3 is 2.95 bits per heavy atom. The summed E-state index contributed by atoms with van der Waals surface area (Å²) in [5.41, 5.74) is 0. The van der Waals surface area contributed by atoms with Crippen LogP contribution in [0.2, 0.25) is 0 Å². The Labute approximate surface area is 124 Å². The second kappa shape index (κ2) is 6.36. The van der Waals surface area contributed by atoms with Crippen LogP contribution in [0, 0.1) is 0 Å². The van der Waals surface area contributed by atoms with E-state index in [0.717, 1.165) is 9.35 Å². The summed E-state index contributed by atoms with van der Waals surface area (Å²) < 4.78 is 11.4. The molecule has 0 aliphatic carbocycles. The quantitative estimate of drug-likeness (QED) is 0.834. The standard InChI is InChI=1S/C13H14BrNO3S/c1-15(6-11-5-9(14)8-19-11)13(16)12-4-3-10(18-12)7-17-2/h3-5,8H,6-7H2,1-2H3. The van der Waals surface area contributed by atoms with Crippen LogP contribution in [0.15, 0.2) is 32.5 Å². The van der Waals surface area contributed by atoms with Gasteiger partial charge in [-0.2, -0.15) is 0 Å². The van der Waals surface area contributed by atoms with Gasteiger partial charge in [0.1, 0.15) is 12.4 Å². The second-order valence-corrected chi connectivity index (χ2v) is 6.00. The number of nitrogens with zero attached hydrogens (tertiary/aromatic N) is 1. The molecule has 2 aromatic heterocycles. The zero-order valence-electron chi connectivity index (χ0n) is 10.7. The average molecular weight is 344 g/mol. The van der Waals surface area contributed by atoms with Gasteiger partial charge in [0.2, 0.25) is 0 Å². The number of carbonyl (C=O) groups is 1. The highest BCUT2D eigenvalue weighted by molar-refractivity contribution is 9.10. The maximum absolute atomic E-state index is 12.2. The molecule has 0 atom stereocenters. The van der Waals surface area contributed by atoms with Gasteiger partial charge in [-0.25, -0.2) is 0 Å². The Balaban J connectivity index is 2.01. The molecule has 0 fully saturated rings. The minimum absolute atomic E-state index is 0.133. The second-order valence-electron chi connectivity index (χ2n) is 4.09. The van der Waals surface area contributed by atoms with Crippen molar-refractivity contribution in [3.05, 3.63) is 44.4 Å². The van der Waals surface area contributed by atoms with Gasteiger partial charge in [0, 0.05) is 28.9 Å². The Kier molecular flexibility index (Phi) is 4.79. The maximum Gasteiger partial charge on any atom is 0.289 e. The van der Waals surface area contributed by atoms with E-state index >= 15 is 0 Å². The van der Waals surface area contributed by atoms with Crippen LogP contribution in [0.3, 0.4) is 0 Å². The monoisotopic (exact) mass is 343 g/mol. The van der Waals surface area contributed by atoms with Crippen molar-refractivity contribution < 1.29 is 13.9 Å². The fourth-order valence-electron chi connectivity index (χ4n) is 1.64. The molecule has 0 saturated carbocycles. The number of furan rings is 1. The van der Waals surface area contributed by atoms with Crippen LogP contribution in [0.25, 0.3) is 0 Å². The van der Waals surface area contributed by atoms with E-state index in [1.807, 2.05) is 11.4 Å². The molecule has 1 amide bonds. The third-order valence-electron chi connectivity index (χ3n) is 2.52. The molecular weight excluding hydrogens is 330 g/mol. The molecule has 4 nitrogen and oxygen atoms in total. The third-order valence-corrected chi connectivity index (χ3v) is 4.20. The van der Waals surface area contributed by atoms with Crippen LogP contribution in [-0.2, 0) is 17.9 Å². The topological polar surface area (TPSA) is 42.7 Å². The molecule has 6 heteroatoms. The molecule has 0 bridgehead atoms. The summed E-state index contributed by atoms with van der Waals surface area (Å²) >= 11 is 5.01. The van der Waals surface area contributed by atoms with Crippen molar-refractivity contribution in [1.29, 1.82) is 0 Å². The van der Waals surface area contributed by atoms with E-state index in [9.17, 15) is 4.79 Å². The molecule has 0 saturated heterocycles. The first-order chi connectivity index (χ1) is 9.10. The number of hydrogen-bond acceptors (Lipinski definition) is 4. The summed E-state index contributed by atoms with van der Waals surface area (Å²) in [6, 6.07) is 5.44. The summed E-state index contributed by atoms with van der Waals surface area (Å²) in [5, 5.41) is 2.00. The van der Waals surface area contributed by atoms with E-state index in [0.29, 0.717) is 24.7 Å². The van der Waals surface area contributed by atoms with Gasteiger partial charge in [0.25, 0.3) is 5.91 Å². The fraction of sp³-hybridized carbons (Fsp3) is 0.308. The number of carbonyl (C=O) groups excluding carboxylic acids is 1. The van der Waals surface area contributed by atoms with E-state index < -0.39 is 0 Å². The lowest BCUT2D eigenvalue weighted by atomic mass is 10.3. The predicted octanol–water partition coefficient (Wildman–Crippen LogP) is 3.52. The number of hydrogen-bond donors (Lipinski definition) is 0. The molecule has 102 valence electrons. The minimum atomic E-state index is -0.133. The molecule has 19 heavy (non-hydrogen) atoms. The van der Waals surface area contributed by atoms with Crippen molar-refractivity contribution in [2.45, 2.75) is 13.2 Å². The molecule has 0 aliphatic rings. The highest BCUT2D eigenvalue weighted by Crippen LogP contribution is 2.21. The first-order valence-corrected chi connectivity index (χ1v) is 7.33. The van der Waals surface area contributed by atoms with E-state index in [4.69, 9.17) is 9.15 Å².